The van der Waals surface area contributed by atoms with Crippen molar-refractivity contribution in [3.63, 3.8) is 0 Å². The van der Waals surface area contributed by atoms with Gasteiger partial charge in [-0.25, -0.2) is 0 Å². The molecule has 11 heavy (non-hydrogen) atoms. The van der Waals surface area contributed by atoms with Crippen LogP contribution < -0.4 is 0 Å². The van der Waals surface area contributed by atoms with Crippen LogP contribution in [0.3, 0.4) is 0 Å². The van der Waals surface area contributed by atoms with Crippen molar-refractivity contribution in [2.24, 2.45) is 0 Å². The van der Waals surface area contributed by atoms with E-state index in [1.807, 2.05) is 0 Å². The summed E-state index contributed by atoms with van der Waals surface area (Å²) >= 11 is 0. The molecule has 1 rings (SSSR count). The molecule has 0 amide bonds. The topological polar surface area (TPSA) is 56.3 Å². The van der Waals surface area contributed by atoms with Gasteiger partial charge in [-0.2, -0.15) is 0 Å². The fraction of sp³-hybridized carbons (Fsp3) is 0. The van der Waals surface area contributed by atoms with Crippen molar-refractivity contribution in [3.05, 3.63) is 40.2 Å². The number of rotatable bonds is 2. The molecule has 4 nitrogen and oxygen atoms in total. The second kappa shape index (κ2) is 2.96. The second-order valence-corrected chi connectivity index (χ2v) is 1.74. The molecule has 0 aliphatic heterocycles. The van der Waals surface area contributed by atoms with E-state index in [9.17, 15) is 14.5 Å². The Morgan fingerprint density at radius 3 is 3.00 bits per heavy atom. The number of nitro groups is 1. The van der Waals surface area contributed by atoms with Crippen LogP contribution in [0.15, 0.2) is 28.8 Å². The first kappa shape index (κ1) is 7.46. The predicted molar refractivity (Wildman–Crippen MR) is 34.8 cm³/mol. The average molecular weight is 157 g/mol. The monoisotopic (exact) mass is 157 g/mol. The lowest BCUT2D eigenvalue weighted by Gasteiger charge is -1.82. The van der Waals surface area contributed by atoms with E-state index in [0.29, 0.717) is 6.08 Å². The minimum Gasteiger partial charge on any atom is -0.465 e. The van der Waals surface area contributed by atoms with E-state index in [0.717, 1.165) is 0 Å². The van der Waals surface area contributed by atoms with Gasteiger partial charge in [-0.15, -0.1) is 4.39 Å². The SMILES string of the molecule is O=[N+]([O-])C(F)=Cc1ccco1. The van der Waals surface area contributed by atoms with Gasteiger partial charge < -0.3 is 4.42 Å². The molecule has 0 unspecified atom stereocenters. The Hall–Kier alpha value is -1.65. The van der Waals surface area contributed by atoms with Crippen molar-refractivity contribution in [2.75, 3.05) is 0 Å². The highest BCUT2D eigenvalue weighted by Crippen LogP contribution is 2.08. The Morgan fingerprint density at radius 1 is 1.82 bits per heavy atom. The maximum Gasteiger partial charge on any atom is 0.423 e. The van der Waals surface area contributed by atoms with Gasteiger partial charge in [0, 0.05) is 0 Å². The first-order chi connectivity index (χ1) is 5.20. The van der Waals surface area contributed by atoms with Gasteiger partial charge >= 0.3 is 5.95 Å². The minimum atomic E-state index is -1.43. The lowest BCUT2D eigenvalue weighted by Crippen LogP contribution is -1.90. The number of furan rings is 1. The van der Waals surface area contributed by atoms with Gasteiger partial charge in [0.15, 0.2) is 0 Å². The largest absolute Gasteiger partial charge is 0.465 e. The van der Waals surface area contributed by atoms with Crippen molar-refractivity contribution < 1.29 is 13.7 Å². The molecule has 0 aliphatic rings. The highest BCUT2D eigenvalue weighted by atomic mass is 19.1. The molecule has 0 N–H and O–H groups in total. The van der Waals surface area contributed by atoms with Gasteiger partial charge in [-0.05, 0) is 12.1 Å². The zero-order valence-electron chi connectivity index (χ0n) is 5.36. The molecule has 0 saturated carbocycles. The highest BCUT2D eigenvalue weighted by Gasteiger charge is 2.08. The smallest absolute Gasteiger partial charge is 0.423 e. The summed E-state index contributed by atoms with van der Waals surface area (Å²) in [6.45, 7) is 0. The van der Waals surface area contributed by atoms with Crippen molar-refractivity contribution in [1.29, 1.82) is 0 Å². The molecule has 0 spiro atoms. The van der Waals surface area contributed by atoms with Crippen LogP contribution in [0, 0.1) is 10.1 Å². The minimum absolute atomic E-state index is 0.124. The molecule has 1 aromatic rings. The van der Waals surface area contributed by atoms with Crippen LogP contribution in [-0.4, -0.2) is 4.92 Å². The van der Waals surface area contributed by atoms with E-state index in [1.54, 1.807) is 0 Å². The Labute approximate surface area is 61.1 Å². The molecule has 0 atom stereocenters. The molecule has 0 fully saturated rings. The molecule has 1 aromatic heterocycles. The molecule has 1 heterocycles. The molecule has 0 radical (unpaired) electrons. The van der Waals surface area contributed by atoms with Crippen LogP contribution in [0.25, 0.3) is 6.08 Å². The Bertz CT molecular complexity index is 278. The average Bonchev–Trinajstić information content (AvgIpc) is 2.39. The highest BCUT2D eigenvalue weighted by molar-refractivity contribution is 5.42. The summed E-state index contributed by atoms with van der Waals surface area (Å²) in [7, 11) is 0. The van der Waals surface area contributed by atoms with Gasteiger partial charge in [0.25, 0.3) is 0 Å². The predicted octanol–water partition coefficient (Wildman–Crippen LogP) is 1.82. The zero-order valence-corrected chi connectivity index (χ0v) is 5.36. The van der Waals surface area contributed by atoms with E-state index in [1.165, 1.54) is 18.4 Å². The third-order valence-corrected chi connectivity index (χ3v) is 0.979. The van der Waals surface area contributed by atoms with Gasteiger partial charge in [0.05, 0.1) is 17.3 Å². The maximum absolute atomic E-state index is 12.2. The molecule has 0 bridgehead atoms. The Morgan fingerprint density at radius 2 is 2.55 bits per heavy atom. The van der Waals surface area contributed by atoms with Crippen LogP contribution >= 0.6 is 0 Å². The zero-order chi connectivity index (χ0) is 8.27. The van der Waals surface area contributed by atoms with Crippen LogP contribution in [0.1, 0.15) is 5.76 Å². The molecular formula is C6H4FNO3. The number of nitrogens with zero attached hydrogens (tertiary/aromatic N) is 1. The summed E-state index contributed by atoms with van der Waals surface area (Å²) in [6.07, 6.45) is 2.01. The third-order valence-electron chi connectivity index (χ3n) is 0.979. The Kier molecular flexibility index (Phi) is 2.00. The summed E-state index contributed by atoms with van der Waals surface area (Å²) in [6, 6.07) is 2.93. The van der Waals surface area contributed by atoms with Gasteiger partial charge in [0.2, 0.25) is 0 Å². The standard InChI is InChI=1S/C6H4FNO3/c7-6(8(9)10)4-5-2-1-3-11-5/h1-4H. The van der Waals surface area contributed by atoms with Crippen LogP contribution in [0.2, 0.25) is 0 Å². The number of hydrogen-bond donors (Lipinski definition) is 0. The summed E-state index contributed by atoms with van der Waals surface area (Å²) < 4.78 is 16.8. The normalized spacial score (nSPS) is 11.5. The fourth-order valence-electron chi connectivity index (χ4n) is 0.543. The lowest BCUT2D eigenvalue weighted by molar-refractivity contribution is -0.445. The van der Waals surface area contributed by atoms with E-state index >= 15 is 0 Å². The molecule has 0 aromatic carbocycles. The van der Waals surface area contributed by atoms with Crippen molar-refractivity contribution in [1.82, 2.24) is 0 Å². The van der Waals surface area contributed by atoms with Gasteiger partial charge in [0.1, 0.15) is 5.76 Å². The molecule has 58 valence electrons. The van der Waals surface area contributed by atoms with Crippen LogP contribution in [0.4, 0.5) is 4.39 Å². The fourth-order valence-corrected chi connectivity index (χ4v) is 0.543. The summed E-state index contributed by atoms with van der Waals surface area (Å²) in [4.78, 5) is 8.62. The number of hydrogen-bond acceptors (Lipinski definition) is 3. The second-order valence-electron chi connectivity index (χ2n) is 1.74. The molecule has 0 saturated heterocycles. The van der Waals surface area contributed by atoms with E-state index < -0.39 is 10.9 Å². The van der Waals surface area contributed by atoms with E-state index in [4.69, 9.17) is 0 Å². The summed E-state index contributed by atoms with van der Waals surface area (Å²) in [5, 5.41) is 9.75. The number of halogens is 1. The third kappa shape index (κ3) is 1.89. The summed E-state index contributed by atoms with van der Waals surface area (Å²) in [5.41, 5.74) is 0. The molecule has 0 aliphatic carbocycles. The maximum atomic E-state index is 12.2. The first-order valence-corrected chi connectivity index (χ1v) is 2.75. The molecular weight excluding hydrogens is 153 g/mol. The quantitative estimate of drug-likeness (QED) is 0.373. The van der Waals surface area contributed by atoms with Crippen molar-refractivity contribution in [3.8, 4) is 0 Å². The van der Waals surface area contributed by atoms with Gasteiger partial charge in [-0.1, -0.05) is 0 Å². The Balaban J connectivity index is 2.82. The first-order valence-electron chi connectivity index (χ1n) is 2.75. The van der Waals surface area contributed by atoms with E-state index in [-0.39, 0.29) is 5.76 Å². The van der Waals surface area contributed by atoms with Crippen molar-refractivity contribution >= 4 is 6.08 Å². The van der Waals surface area contributed by atoms with Crippen LogP contribution in [0.5, 0.6) is 0 Å². The van der Waals surface area contributed by atoms with E-state index in [2.05, 4.69) is 4.42 Å². The lowest BCUT2D eigenvalue weighted by atomic mass is 10.4. The van der Waals surface area contributed by atoms with Crippen LogP contribution in [-0.2, 0) is 0 Å². The summed E-state index contributed by atoms with van der Waals surface area (Å²) in [5.74, 6) is -1.31. The molecule has 5 heteroatoms. The van der Waals surface area contributed by atoms with Gasteiger partial charge in [-0.3, -0.25) is 10.1 Å². The van der Waals surface area contributed by atoms with Crippen molar-refractivity contribution in [2.45, 2.75) is 0 Å².